The van der Waals surface area contributed by atoms with Gasteiger partial charge in [-0.2, -0.15) is 0 Å². The smallest absolute Gasteiger partial charge is 0.303 e. The number of rotatable bonds is 13. The van der Waals surface area contributed by atoms with E-state index in [4.69, 9.17) is 44.8 Å². The first-order valence-corrected chi connectivity index (χ1v) is 14.4. The normalized spacial score (nSPS) is 22.8. The number of hydrogen-bond acceptors (Lipinski definition) is 11. The van der Waals surface area contributed by atoms with E-state index in [0.29, 0.717) is 18.1 Å². The van der Waals surface area contributed by atoms with Crippen LogP contribution in [0.15, 0.2) is 55.1 Å². The number of carbonyl (C=O) groups excluding carboxylic acids is 4. The van der Waals surface area contributed by atoms with Gasteiger partial charge in [-0.15, -0.1) is 6.58 Å². The Morgan fingerprint density at radius 1 is 0.909 bits per heavy atom. The average Bonchev–Trinajstić information content (AvgIpc) is 2.95. The van der Waals surface area contributed by atoms with Crippen LogP contribution in [0.5, 0.6) is 5.75 Å². The van der Waals surface area contributed by atoms with Gasteiger partial charge in [0.2, 0.25) is 11.9 Å². The molecule has 2 aromatic rings. The maximum absolute atomic E-state index is 12.4. The lowest BCUT2D eigenvalue weighted by Crippen LogP contribution is -2.67. The molecule has 1 saturated heterocycles. The van der Waals surface area contributed by atoms with Gasteiger partial charge in [0.25, 0.3) is 0 Å². The molecule has 0 bridgehead atoms. The van der Waals surface area contributed by atoms with Crippen molar-refractivity contribution in [2.75, 3.05) is 19.8 Å². The summed E-state index contributed by atoms with van der Waals surface area (Å²) in [5.74, 6) is -4.14. The molecule has 5 unspecified atom stereocenters. The molecular formula is C32H37ClO11. The van der Waals surface area contributed by atoms with Crippen LogP contribution in [0.3, 0.4) is 0 Å². The van der Waals surface area contributed by atoms with Crippen molar-refractivity contribution < 1.29 is 52.3 Å². The first kappa shape index (κ1) is 34.6. The Kier molecular flexibility index (Phi) is 12.3. The largest absolute Gasteiger partial charge is 0.494 e. The summed E-state index contributed by atoms with van der Waals surface area (Å²) in [4.78, 5) is 48.7. The number of halogens is 1. The topological polar surface area (TPSA) is 133 Å². The lowest BCUT2D eigenvalue weighted by Gasteiger charge is -2.50. The highest BCUT2D eigenvalue weighted by Gasteiger charge is 2.62. The van der Waals surface area contributed by atoms with Crippen LogP contribution in [0.2, 0.25) is 5.02 Å². The van der Waals surface area contributed by atoms with E-state index in [1.165, 1.54) is 13.0 Å². The molecule has 0 aliphatic carbocycles. The average molecular weight is 633 g/mol. The first-order chi connectivity index (χ1) is 20.9. The van der Waals surface area contributed by atoms with Crippen molar-refractivity contribution in [3.8, 4) is 5.75 Å². The zero-order chi connectivity index (χ0) is 32.4. The molecule has 1 aliphatic heterocycles. The van der Waals surface area contributed by atoms with Gasteiger partial charge in [0, 0.05) is 38.3 Å². The van der Waals surface area contributed by atoms with E-state index >= 15 is 0 Å². The number of hydrogen-bond donors (Lipinski definition) is 0. The van der Waals surface area contributed by atoms with E-state index < -0.39 is 60.7 Å². The predicted molar refractivity (Wildman–Crippen MR) is 158 cm³/mol. The van der Waals surface area contributed by atoms with Crippen LogP contribution in [-0.4, -0.2) is 68.1 Å². The third-order valence-electron chi connectivity index (χ3n) is 6.54. The summed E-state index contributed by atoms with van der Waals surface area (Å²) < 4.78 is 40.2. The fourth-order valence-electron chi connectivity index (χ4n) is 4.88. The molecule has 5 atom stereocenters. The number of ether oxygens (including phenoxy) is 7. The zero-order valence-corrected chi connectivity index (χ0v) is 26.1. The minimum Gasteiger partial charge on any atom is -0.494 e. The zero-order valence-electron chi connectivity index (χ0n) is 25.3. The molecule has 0 amide bonds. The van der Waals surface area contributed by atoms with Gasteiger partial charge in [0.1, 0.15) is 18.5 Å². The Labute approximate surface area is 261 Å². The second kappa shape index (κ2) is 15.7. The fraction of sp³-hybridized carbons (Fsp3) is 0.438. The number of esters is 4. The van der Waals surface area contributed by atoms with Gasteiger partial charge in [-0.3, -0.25) is 19.2 Å². The fourth-order valence-corrected chi connectivity index (χ4v) is 5.13. The minimum atomic E-state index is -1.98. The molecule has 0 saturated carbocycles. The SMILES string of the molecule is C=CCOC1(c2ccc(Cc3ccc(OCC)cc3)c(Cl)c2)OC(COC(C)=O)C(OC(C)=O)C(OC(C)=O)C1OC(C)=O. The van der Waals surface area contributed by atoms with E-state index in [-0.39, 0.29) is 12.2 Å². The molecule has 44 heavy (non-hydrogen) atoms. The second-order valence-corrected chi connectivity index (χ2v) is 10.4. The van der Waals surface area contributed by atoms with E-state index in [9.17, 15) is 19.2 Å². The minimum absolute atomic E-state index is 0.116. The quantitative estimate of drug-likeness (QED) is 0.176. The Hall–Kier alpha value is -3.93. The third-order valence-corrected chi connectivity index (χ3v) is 6.89. The van der Waals surface area contributed by atoms with Crippen LogP contribution in [-0.2, 0) is 59.8 Å². The van der Waals surface area contributed by atoms with Crippen LogP contribution in [0.4, 0.5) is 0 Å². The Balaban J connectivity index is 2.16. The maximum atomic E-state index is 12.4. The third kappa shape index (κ3) is 8.81. The van der Waals surface area contributed by atoms with Gasteiger partial charge in [-0.25, -0.2) is 0 Å². The Bertz CT molecular complexity index is 1340. The highest BCUT2D eigenvalue weighted by atomic mass is 35.5. The molecular weight excluding hydrogens is 596 g/mol. The lowest BCUT2D eigenvalue weighted by molar-refractivity contribution is -0.372. The predicted octanol–water partition coefficient (Wildman–Crippen LogP) is 4.44. The highest BCUT2D eigenvalue weighted by molar-refractivity contribution is 6.31. The van der Waals surface area contributed by atoms with Gasteiger partial charge in [-0.1, -0.05) is 41.9 Å². The van der Waals surface area contributed by atoms with E-state index in [1.807, 2.05) is 31.2 Å². The van der Waals surface area contributed by atoms with E-state index in [0.717, 1.165) is 37.6 Å². The van der Waals surface area contributed by atoms with Crippen molar-refractivity contribution >= 4 is 35.5 Å². The molecule has 238 valence electrons. The van der Waals surface area contributed by atoms with Crippen LogP contribution in [0.1, 0.15) is 51.3 Å². The van der Waals surface area contributed by atoms with E-state index in [1.54, 1.807) is 18.2 Å². The van der Waals surface area contributed by atoms with Crippen molar-refractivity contribution in [1.82, 2.24) is 0 Å². The van der Waals surface area contributed by atoms with Gasteiger partial charge in [0.15, 0.2) is 12.2 Å². The van der Waals surface area contributed by atoms with Crippen molar-refractivity contribution in [3.63, 3.8) is 0 Å². The summed E-state index contributed by atoms with van der Waals surface area (Å²) in [6, 6.07) is 12.6. The van der Waals surface area contributed by atoms with Crippen molar-refractivity contribution in [1.29, 1.82) is 0 Å². The van der Waals surface area contributed by atoms with Crippen LogP contribution in [0, 0.1) is 0 Å². The molecule has 12 heteroatoms. The van der Waals surface area contributed by atoms with Gasteiger partial charge < -0.3 is 33.2 Å². The van der Waals surface area contributed by atoms with E-state index in [2.05, 4.69) is 6.58 Å². The highest BCUT2D eigenvalue weighted by Crippen LogP contribution is 2.44. The number of benzene rings is 2. The molecule has 11 nitrogen and oxygen atoms in total. The van der Waals surface area contributed by atoms with Crippen molar-refractivity contribution in [3.05, 3.63) is 76.8 Å². The first-order valence-electron chi connectivity index (χ1n) is 14.0. The van der Waals surface area contributed by atoms with Gasteiger partial charge in [-0.05, 0) is 42.7 Å². The Morgan fingerprint density at radius 3 is 2.09 bits per heavy atom. The number of carbonyl (C=O) groups is 4. The summed E-state index contributed by atoms with van der Waals surface area (Å²) >= 11 is 6.80. The van der Waals surface area contributed by atoms with Crippen LogP contribution in [0.25, 0.3) is 0 Å². The van der Waals surface area contributed by atoms with Gasteiger partial charge in [0.05, 0.1) is 13.2 Å². The van der Waals surface area contributed by atoms with Crippen molar-refractivity contribution in [2.45, 2.75) is 71.2 Å². The molecule has 0 N–H and O–H groups in total. The summed E-state index contributed by atoms with van der Waals surface area (Å²) in [6.45, 7) is 10.3. The molecule has 2 aromatic carbocycles. The summed E-state index contributed by atoms with van der Waals surface area (Å²) in [5.41, 5.74) is 2.04. The second-order valence-electron chi connectivity index (χ2n) is 9.96. The standard InChI is InChI=1S/C32H37ClO11/c1-7-15-40-32(25-12-11-24(27(33)17-25)16-23-9-13-26(14-10-23)38-8-2)31(43-22(6)37)30(42-21(5)36)29(41-20(4)35)28(44-32)18-39-19(3)34/h7,9-14,17,28-31H,1,8,15-16,18H2,2-6H3. The lowest BCUT2D eigenvalue weighted by atomic mass is 9.86. The molecule has 1 heterocycles. The molecule has 0 aromatic heterocycles. The molecule has 3 rings (SSSR count). The molecule has 0 spiro atoms. The monoisotopic (exact) mass is 632 g/mol. The summed E-state index contributed by atoms with van der Waals surface area (Å²) in [5, 5.41) is 0.339. The maximum Gasteiger partial charge on any atom is 0.303 e. The summed E-state index contributed by atoms with van der Waals surface area (Å²) in [7, 11) is 0. The molecule has 1 aliphatic rings. The Morgan fingerprint density at radius 2 is 1.55 bits per heavy atom. The van der Waals surface area contributed by atoms with Crippen molar-refractivity contribution in [2.24, 2.45) is 0 Å². The van der Waals surface area contributed by atoms with Gasteiger partial charge >= 0.3 is 23.9 Å². The molecule has 0 radical (unpaired) electrons. The summed E-state index contributed by atoms with van der Waals surface area (Å²) in [6.07, 6.45) is -3.60. The molecule has 1 fully saturated rings. The van der Waals surface area contributed by atoms with Crippen LogP contribution < -0.4 is 4.74 Å². The van der Waals surface area contributed by atoms with Crippen LogP contribution >= 0.6 is 11.6 Å².